The minimum Gasteiger partial charge on any atom is -0.871 e. The Morgan fingerprint density at radius 1 is 1.36 bits per heavy atom. The quantitative estimate of drug-likeness (QED) is 0.583. The first-order valence-electron chi connectivity index (χ1n) is 2.75. The van der Waals surface area contributed by atoms with Crippen LogP contribution in [0.25, 0.3) is 0 Å². The maximum atomic E-state index is 12.3. The summed E-state index contributed by atoms with van der Waals surface area (Å²) < 4.78 is 12.3. The van der Waals surface area contributed by atoms with Crippen LogP contribution in [0.5, 0.6) is 5.75 Å². The van der Waals surface area contributed by atoms with E-state index in [1.807, 2.05) is 0 Å². The zero-order chi connectivity index (χ0) is 8.43. The maximum Gasteiger partial charge on any atom is 0.125 e. The van der Waals surface area contributed by atoms with Crippen LogP contribution in [0.15, 0.2) is 18.2 Å². The number of rotatable bonds is 1. The zero-order valence-electron chi connectivity index (χ0n) is 5.36. The van der Waals surface area contributed by atoms with Crippen molar-refractivity contribution in [3.05, 3.63) is 24.0 Å². The SMILES string of the molecule is [O-]c1ccc(F)cc1N(O)O. The van der Waals surface area contributed by atoms with Crippen molar-refractivity contribution in [1.82, 2.24) is 0 Å². The van der Waals surface area contributed by atoms with Gasteiger partial charge < -0.3 is 5.11 Å². The second-order valence-corrected chi connectivity index (χ2v) is 1.90. The summed E-state index contributed by atoms with van der Waals surface area (Å²) in [4.78, 5) is 0. The predicted octanol–water partition coefficient (Wildman–Crippen LogP) is 0.484. The lowest BCUT2D eigenvalue weighted by molar-refractivity contribution is -0.268. The molecule has 0 aromatic heterocycles. The van der Waals surface area contributed by atoms with Crippen molar-refractivity contribution in [3.8, 4) is 5.75 Å². The highest BCUT2D eigenvalue weighted by atomic mass is 19.1. The van der Waals surface area contributed by atoms with Crippen molar-refractivity contribution in [3.63, 3.8) is 0 Å². The summed E-state index contributed by atoms with van der Waals surface area (Å²) in [6.07, 6.45) is 0. The largest absolute Gasteiger partial charge is 0.871 e. The third-order valence-electron chi connectivity index (χ3n) is 1.14. The molecule has 0 spiro atoms. The van der Waals surface area contributed by atoms with Gasteiger partial charge in [0.2, 0.25) is 0 Å². The van der Waals surface area contributed by atoms with Gasteiger partial charge in [0.25, 0.3) is 0 Å². The van der Waals surface area contributed by atoms with E-state index in [0.717, 1.165) is 18.2 Å². The molecule has 0 aliphatic heterocycles. The Labute approximate surface area is 61.6 Å². The average molecular weight is 158 g/mol. The molecule has 5 heteroatoms. The van der Waals surface area contributed by atoms with Gasteiger partial charge >= 0.3 is 0 Å². The van der Waals surface area contributed by atoms with Crippen LogP contribution in [-0.2, 0) is 0 Å². The molecule has 0 atom stereocenters. The van der Waals surface area contributed by atoms with Crippen molar-refractivity contribution in [2.75, 3.05) is 5.23 Å². The zero-order valence-corrected chi connectivity index (χ0v) is 5.36. The van der Waals surface area contributed by atoms with Crippen LogP contribution in [-0.4, -0.2) is 10.4 Å². The van der Waals surface area contributed by atoms with E-state index >= 15 is 0 Å². The van der Waals surface area contributed by atoms with E-state index in [0.29, 0.717) is 0 Å². The summed E-state index contributed by atoms with van der Waals surface area (Å²) in [6, 6.07) is 2.57. The Hall–Kier alpha value is -1.33. The highest BCUT2D eigenvalue weighted by Gasteiger charge is 2.00. The number of anilines is 1. The molecule has 0 amide bonds. The fourth-order valence-electron chi connectivity index (χ4n) is 0.647. The molecule has 2 N–H and O–H groups in total. The van der Waals surface area contributed by atoms with E-state index in [-0.39, 0.29) is 0 Å². The predicted molar refractivity (Wildman–Crippen MR) is 31.9 cm³/mol. The van der Waals surface area contributed by atoms with Gasteiger partial charge in [-0.15, -0.1) is 5.23 Å². The Balaban J connectivity index is 3.13. The van der Waals surface area contributed by atoms with Crippen molar-refractivity contribution < 1.29 is 19.9 Å². The molecule has 0 bridgehead atoms. The highest BCUT2D eigenvalue weighted by Crippen LogP contribution is 2.22. The van der Waals surface area contributed by atoms with E-state index in [1.165, 1.54) is 0 Å². The first-order chi connectivity index (χ1) is 5.11. The second kappa shape index (κ2) is 2.73. The van der Waals surface area contributed by atoms with E-state index in [9.17, 15) is 9.50 Å². The van der Waals surface area contributed by atoms with Crippen LogP contribution in [0.3, 0.4) is 0 Å². The van der Waals surface area contributed by atoms with E-state index in [1.54, 1.807) is 0 Å². The molecule has 0 aliphatic rings. The molecule has 0 heterocycles. The summed E-state index contributed by atoms with van der Waals surface area (Å²) in [5.74, 6) is -1.36. The molecule has 11 heavy (non-hydrogen) atoms. The summed E-state index contributed by atoms with van der Waals surface area (Å²) >= 11 is 0. The van der Waals surface area contributed by atoms with Crippen molar-refractivity contribution in [1.29, 1.82) is 0 Å². The summed E-state index contributed by atoms with van der Waals surface area (Å²) in [7, 11) is 0. The van der Waals surface area contributed by atoms with Gasteiger partial charge in [0.15, 0.2) is 0 Å². The number of nitrogens with zero attached hydrogens (tertiary/aromatic N) is 1. The summed E-state index contributed by atoms with van der Waals surface area (Å²) in [6.45, 7) is 0. The Kier molecular flexibility index (Phi) is 1.93. The highest BCUT2D eigenvalue weighted by molar-refractivity contribution is 5.53. The van der Waals surface area contributed by atoms with E-state index < -0.39 is 22.5 Å². The van der Waals surface area contributed by atoms with Gasteiger partial charge in [-0.2, -0.15) is 0 Å². The van der Waals surface area contributed by atoms with Crippen LogP contribution in [0.2, 0.25) is 0 Å². The number of halogens is 1. The first kappa shape index (κ1) is 7.77. The smallest absolute Gasteiger partial charge is 0.125 e. The van der Waals surface area contributed by atoms with Gasteiger partial charge in [0.05, 0.1) is 5.69 Å². The number of hydrogen-bond acceptors (Lipinski definition) is 4. The fourth-order valence-corrected chi connectivity index (χ4v) is 0.647. The van der Waals surface area contributed by atoms with Crippen LogP contribution in [0.4, 0.5) is 10.1 Å². The van der Waals surface area contributed by atoms with E-state index in [4.69, 9.17) is 10.4 Å². The normalized spacial score (nSPS) is 9.73. The average Bonchev–Trinajstić information content (AvgIpc) is 1.94. The fraction of sp³-hybridized carbons (Fsp3) is 0. The van der Waals surface area contributed by atoms with E-state index in [2.05, 4.69) is 0 Å². The maximum absolute atomic E-state index is 12.3. The minimum atomic E-state index is -0.701. The number of hydrogen-bond donors (Lipinski definition) is 2. The lowest BCUT2D eigenvalue weighted by Gasteiger charge is -2.15. The van der Waals surface area contributed by atoms with Crippen LogP contribution >= 0.6 is 0 Å². The Morgan fingerprint density at radius 2 is 2.00 bits per heavy atom. The third kappa shape index (κ3) is 1.57. The first-order valence-corrected chi connectivity index (χ1v) is 2.75. The third-order valence-corrected chi connectivity index (χ3v) is 1.14. The molecule has 0 saturated carbocycles. The van der Waals surface area contributed by atoms with Gasteiger partial charge in [-0.3, -0.25) is 10.4 Å². The standard InChI is InChI=1S/C6H6FNO3/c7-4-1-2-6(9)5(3-4)8(10)11/h1-3,9-11H/p-1. The topological polar surface area (TPSA) is 66.8 Å². The van der Waals surface area contributed by atoms with Gasteiger partial charge in [-0.05, 0) is 6.07 Å². The van der Waals surface area contributed by atoms with Gasteiger partial charge in [-0.25, -0.2) is 4.39 Å². The molecule has 0 unspecified atom stereocenters. The molecule has 1 rings (SSSR count). The lowest BCUT2D eigenvalue weighted by atomic mass is 10.3. The number of benzene rings is 1. The van der Waals surface area contributed by atoms with Gasteiger partial charge in [0, 0.05) is 6.07 Å². The molecule has 1 aromatic rings. The van der Waals surface area contributed by atoms with Gasteiger partial charge in [-0.1, -0.05) is 11.8 Å². The minimum absolute atomic E-state index is 0.411. The van der Waals surface area contributed by atoms with Crippen molar-refractivity contribution in [2.45, 2.75) is 0 Å². The molecule has 0 radical (unpaired) electrons. The second-order valence-electron chi connectivity index (χ2n) is 1.90. The van der Waals surface area contributed by atoms with Crippen molar-refractivity contribution >= 4 is 5.69 Å². The molecule has 1 aromatic carbocycles. The molecular weight excluding hydrogens is 153 g/mol. The van der Waals surface area contributed by atoms with Crippen LogP contribution in [0, 0.1) is 5.82 Å². The molecular formula is C6H5FNO3-. The van der Waals surface area contributed by atoms with Gasteiger partial charge in [0.1, 0.15) is 5.82 Å². The molecule has 0 saturated heterocycles. The summed E-state index contributed by atoms with van der Waals surface area (Å²) in [5.41, 5.74) is -0.509. The molecule has 4 nitrogen and oxygen atoms in total. The molecule has 60 valence electrons. The van der Waals surface area contributed by atoms with Crippen molar-refractivity contribution in [2.24, 2.45) is 0 Å². The van der Waals surface area contributed by atoms with Crippen LogP contribution < -0.4 is 10.3 Å². The monoisotopic (exact) mass is 158 g/mol. The molecule has 0 fully saturated rings. The lowest BCUT2D eigenvalue weighted by Crippen LogP contribution is -2.13. The summed E-state index contributed by atoms with van der Waals surface area (Å²) in [5, 5.41) is 27.0. The Bertz CT molecular complexity index is 264. The Morgan fingerprint density at radius 3 is 2.45 bits per heavy atom. The van der Waals surface area contributed by atoms with Crippen LogP contribution in [0.1, 0.15) is 0 Å². The molecule has 0 aliphatic carbocycles.